The predicted molar refractivity (Wildman–Crippen MR) is 112 cm³/mol. The molecule has 0 N–H and O–H groups in total. The minimum absolute atomic E-state index is 0.360. The molecule has 0 rings (SSSR count). The van der Waals surface area contributed by atoms with Gasteiger partial charge in [-0.05, 0) is 61.6 Å². The van der Waals surface area contributed by atoms with Crippen LogP contribution in [0.25, 0.3) is 0 Å². The van der Waals surface area contributed by atoms with E-state index in [1.807, 2.05) is 0 Å². The van der Waals surface area contributed by atoms with E-state index in [4.69, 9.17) is 0 Å². The number of hydrogen-bond donors (Lipinski definition) is 0. The highest BCUT2D eigenvalue weighted by Crippen LogP contribution is 2.43. The van der Waals surface area contributed by atoms with Gasteiger partial charge in [-0.3, -0.25) is 0 Å². The Hall–Kier alpha value is 0.860. The minimum Gasteiger partial charge on any atom is -0.107 e. The van der Waals surface area contributed by atoms with Gasteiger partial charge in [-0.1, -0.05) is 67.2 Å². The maximum absolute atomic E-state index is 2.44. The van der Waals surface area contributed by atoms with Crippen molar-refractivity contribution in [1.82, 2.24) is 0 Å². The molecule has 0 aromatic rings. The predicted octanol–water partition coefficient (Wildman–Crippen LogP) is 7.64. The van der Waals surface area contributed by atoms with Crippen LogP contribution in [-0.4, -0.2) is 37.0 Å². The van der Waals surface area contributed by atoms with Gasteiger partial charge in [0.2, 0.25) is 0 Å². The molecule has 0 aliphatic heterocycles. The second kappa shape index (κ2) is 15.4. The number of rotatable bonds is 15. The van der Waals surface area contributed by atoms with Crippen LogP contribution in [-0.2, 0) is 0 Å². The zero-order chi connectivity index (χ0) is 16.8. The highest BCUT2D eigenvalue weighted by molar-refractivity contribution is 7.61. The topological polar surface area (TPSA) is 0 Å². The summed E-state index contributed by atoms with van der Waals surface area (Å²) in [5, 5.41) is 0. The van der Waals surface area contributed by atoms with Crippen molar-refractivity contribution in [3.63, 3.8) is 0 Å². The van der Waals surface area contributed by atoms with Crippen molar-refractivity contribution < 1.29 is 0 Å². The quantitative estimate of drug-likeness (QED) is 0.211. The molecule has 0 radical (unpaired) electrons. The van der Waals surface area contributed by atoms with E-state index >= 15 is 0 Å². The molecule has 0 heterocycles. The summed E-state index contributed by atoms with van der Waals surface area (Å²) in [6.07, 6.45) is 18.0. The molecule has 0 aliphatic carbocycles. The minimum atomic E-state index is 0.360. The van der Waals surface area contributed by atoms with Crippen LogP contribution in [0.3, 0.4) is 0 Å². The zero-order valence-corrected chi connectivity index (χ0v) is 18.3. The molecular weight excluding hydrogens is 302 g/mol. The van der Waals surface area contributed by atoms with E-state index in [1.54, 1.807) is 24.6 Å². The first-order valence-corrected chi connectivity index (χ1v) is 13.7. The third kappa shape index (κ3) is 14.5. The highest BCUT2D eigenvalue weighted by Gasteiger charge is 2.10. The molecule has 0 saturated heterocycles. The normalized spacial score (nSPS) is 14.7. The SMILES string of the molecule is CCP(CCCCC(C)C)CCP(CC)CCCCC(C)C. The van der Waals surface area contributed by atoms with Gasteiger partial charge in [0.1, 0.15) is 0 Å². The molecule has 2 unspecified atom stereocenters. The van der Waals surface area contributed by atoms with Crippen molar-refractivity contribution in [2.75, 3.05) is 37.0 Å². The third-order valence-corrected chi connectivity index (χ3v) is 10.4. The fourth-order valence-corrected chi connectivity index (χ4v) is 8.23. The average molecular weight is 347 g/mol. The standard InChI is InChI=1S/C20H44P2/c1-7-21(15-11-9-13-19(3)4)17-18-22(8-2)16-12-10-14-20(5)6/h19-20H,7-18H2,1-6H3. The summed E-state index contributed by atoms with van der Waals surface area (Å²) in [6, 6.07) is 0. The second-order valence-electron chi connectivity index (χ2n) is 7.65. The van der Waals surface area contributed by atoms with Crippen molar-refractivity contribution in [2.45, 2.75) is 80.1 Å². The third-order valence-electron chi connectivity index (χ3n) is 4.64. The fraction of sp³-hybridized carbons (Fsp3) is 1.00. The van der Waals surface area contributed by atoms with Crippen molar-refractivity contribution in [3.8, 4) is 0 Å². The molecule has 2 atom stereocenters. The molecule has 0 spiro atoms. The first kappa shape index (κ1) is 22.9. The van der Waals surface area contributed by atoms with Gasteiger partial charge >= 0.3 is 0 Å². The van der Waals surface area contributed by atoms with Crippen LogP contribution in [0, 0.1) is 11.8 Å². The Balaban J connectivity index is 3.77. The van der Waals surface area contributed by atoms with Gasteiger partial charge in [-0.25, -0.2) is 0 Å². The number of unbranched alkanes of at least 4 members (excludes halogenated alkanes) is 2. The first-order valence-electron chi connectivity index (χ1n) is 9.94. The summed E-state index contributed by atoms with van der Waals surface area (Å²) in [7, 11) is 0.720. The molecule has 0 amide bonds. The van der Waals surface area contributed by atoms with Gasteiger partial charge in [0.15, 0.2) is 0 Å². The lowest BCUT2D eigenvalue weighted by atomic mass is 10.1. The van der Waals surface area contributed by atoms with Gasteiger partial charge < -0.3 is 0 Å². The molecule has 0 bridgehead atoms. The van der Waals surface area contributed by atoms with E-state index in [-0.39, 0.29) is 0 Å². The molecule has 134 valence electrons. The summed E-state index contributed by atoms with van der Waals surface area (Å²) >= 11 is 0. The molecule has 0 aromatic carbocycles. The van der Waals surface area contributed by atoms with Crippen LogP contribution in [0.4, 0.5) is 0 Å². The van der Waals surface area contributed by atoms with Crippen molar-refractivity contribution >= 4 is 15.8 Å². The Morgan fingerprint density at radius 1 is 0.545 bits per heavy atom. The Kier molecular flexibility index (Phi) is 16.0. The zero-order valence-electron chi connectivity index (χ0n) is 16.5. The van der Waals surface area contributed by atoms with E-state index in [2.05, 4.69) is 41.5 Å². The average Bonchev–Trinajstić information content (AvgIpc) is 2.47. The van der Waals surface area contributed by atoms with Gasteiger partial charge in [0, 0.05) is 0 Å². The van der Waals surface area contributed by atoms with Crippen LogP contribution in [0.1, 0.15) is 80.1 Å². The molecule has 0 saturated carbocycles. The summed E-state index contributed by atoms with van der Waals surface area (Å²) in [5.41, 5.74) is 0. The monoisotopic (exact) mass is 346 g/mol. The maximum Gasteiger partial charge on any atom is -0.0286 e. The highest BCUT2D eigenvalue weighted by atomic mass is 31.1. The Morgan fingerprint density at radius 3 is 1.18 bits per heavy atom. The van der Waals surface area contributed by atoms with Crippen molar-refractivity contribution in [1.29, 1.82) is 0 Å². The molecule has 0 nitrogen and oxygen atoms in total. The number of hydrogen-bond acceptors (Lipinski definition) is 0. The van der Waals surface area contributed by atoms with E-state index in [0.29, 0.717) is 15.8 Å². The van der Waals surface area contributed by atoms with E-state index in [9.17, 15) is 0 Å². The smallest absolute Gasteiger partial charge is 0.0286 e. The lowest BCUT2D eigenvalue weighted by molar-refractivity contribution is 0.550. The molecule has 2 heteroatoms. The molecule has 0 fully saturated rings. The van der Waals surface area contributed by atoms with Crippen LogP contribution in [0.2, 0.25) is 0 Å². The van der Waals surface area contributed by atoms with Crippen molar-refractivity contribution in [2.24, 2.45) is 11.8 Å². The largest absolute Gasteiger partial charge is 0.107 e. The lowest BCUT2D eigenvalue weighted by Gasteiger charge is -2.21. The summed E-state index contributed by atoms with van der Waals surface area (Å²) < 4.78 is 0. The van der Waals surface area contributed by atoms with Gasteiger partial charge in [-0.2, -0.15) is 0 Å². The van der Waals surface area contributed by atoms with Crippen LogP contribution in [0.15, 0.2) is 0 Å². The van der Waals surface area contributed by atoms with E-state index < -0.39 is 0 Å². The molecule has 0 aromatic heterocycles. The van der Waals surface area contributed by atoms with E-state index in [1.165, 1.54) is 50.8 Å². The maximum atomic E-state index is 2.44. The van der Waals surface area contributed by atoms with Crippen LogP contribution >= 0.6 is 15.8 Å². The van der Waals surface area contributed by atoms with Crippen LogP contribution < -0.4 is 0 Å². The Bertz CT molecular complexity index is 202. The van der Waals surface area contributed by atoms with Gasteiger partial charge in [0.05, 0.1) is 0 Å². The van der Waals surface area contributed by atoms with Gasteiger partial charge in [0.25, 0.3) is 0 Å². The Morgan fingerprint density at radius 2 is 0.909 bits per heavy atom. The second-order valence-corrected chi connectivity index (χ2v) is 13.4. The van der Waals surface area contributed by atoms with Crippen molar-refractivity contribution in [3.05, 3.63) is 0 Å². The summed E-state index contributed by atoms with van der Waals surface area (Å²) in [6.45, 7) is 14.3. The molecule has 22 heavy (non-hydrogen) atoms. The Labute approximate surface area is 145 Å². The summed E-state index contributed by atoms with van der Waals surface area (Å²) in [4.78, 5) is 0. The first-order chi connectivity index (χ1) is 10.5. The van der Waals surface area contributed by atoms with Crippen LogP contribution in [0.5, 0.6) is 0 Å². The molecule has 0 aliphatic rings. The fourth-order valence-electron chi connectivity index (χ4n) is 2.91. The lowest BCUT2D eigenvalue weighted by Crippen LogP contribution is -2.01. The molecular formula is C20H44P2. The van der Waals surface area contributed by atoms with Gasteiger partial charge in [-0.15, -0.1) is 15.8 Å². The summed E-state index contributed by atoms with van der Waals surface area (Å²) in [5.74, 6) is 1.79. The van der Waals surface area contributed by atoms with E-state index in [0.717, 1.165) is 11.8 Å².